The molecule has 2 saturated heterocycles. The van der Waals surface area contributed by atoms with E-state index in [4.69, 9.17) is 4.74 Å². The molecule has 198 valence electrons. The van der Waals surface area contributed by atoms with Gasteiger partial charge < -0.3 is 19.5 Å². The highest BCUT2D eigenvalue weighted by Gasteiger charge is 2.50. The molecule has 0 saturated carbocycles. The molecule has 0 bridgehead atoms. The minimum absolute atomic E-state index is 0.00577. The third-order valence-electron chi connectivity index (χ3n) is 8.66. The smallest absolute Gasteiger partial charge is 0.246 e. The molecule has 0 aliphatic carbocycles. The van der Waals surface area contributed by atoms with Gasteiger partial charge in [0.25, 0.3) is 0 Å². The number of fused-ring (bicyclic) bond motifs is 4. The quantitative estimate of drug-likeness (QED) is 0.430. The van der Waals surface area contributed by atoms with Gasteiger partial charge >= 0.3 is 0 Å². The van der Waals surface area contributed by atoms with Crippen LogP contribution in [0.2, 0.25) is 0 Å². The number of amides is 2. The Morgan fingerprint density at radius 2 is 1.72 bits per heavy atom. The molecule has 7 nitrogen and oxygen atoms in total. The molecule has 3 aliphatic heterocycles. The lowest BCUT2D eigenvalue weighted by molar-refractivity contribution is -0.160. The maximum absolute atomic E-state index is 14.2. The Bertz CT molecular complexity index is 1530. The van der Waals surface area contributed by atoms with Crippen molar-refractivity contribution in [3.63, 3.8) is 0 Å². The van der Waals surface area contributed by atoms with Crippen molar-refractivity contribution in [1.29, 1.82) is 0 Å². The molecule has 39 heavy (non-hydrogen) atoms. The summed E-state index contributed by atoms with van der Waals surface area (Å²) in [6.07, 6.45) is 1.41. The Kier molecular flexibility index (Phi) is 5.89. The lowest BCUT2D eigenvalue weighted by atomic mass is 9.86. The molecule has 3 aliphatic rings. The number of methoxy groups -OCH3 is 1. The zero-order valence-corrected chi connectivity index (χ0v) is 22.0. The van der Waals surface area contributed by atoms with Gasteiger partial charge in [0, 0.05) is 48.7 Å². The van der Waals surface area contributed by atoms with Crippen molar-refractivity contribution in [2.45, 2.75) is 37.5 Å². The monoisotopic (exact) mass is 520 g/mol. The lowest BCUT2D eigenvalue weighted by Gasteiger charge is -2.48. The Morgan fingerprint density at radius 1 is 0.949 bits per heavy atom. The number of nitrogens with zero attached hydrogens (tertiary/aromatic N) is 3. The van der Waals surface area contributed by atoms with E-state index >= 15 is 0 Å². The highest BCUT2D eigenvalue weighted by Crippen LogP contribution is 2.43. The van der Waals surface area contributed by atoms with Crippen LogP contribution >= 0.6 is 0 Å². The number of carbonyl (C=O) groups excluding carboxylic acids is 2. The molecule has 3 aromatic carbocycles. The second-order valence-electron chi connectivity index (χ2n) is 10.9. The first-order chi connectivity index (χ1) is 19.1. The van der Waals surface area contributed by atoms with Gasteiger partial charge in [0.1, 0.15) is 18.3 Å². The summed E-state index contributed by atoms with van der Waals surface area (Å²) < 4.78 is 5.38. The average molecular weight is 521 g/mol. The van der Waals surface area contributed by atoms with E-state index in [9.17, 15) is 9.59 Å². The van der Waals surface area contributed by atoms with E-state index in [2.05, 4.69) is 46.3 Å². The number of ether oxygens (including phenoxy) is 1. The van der Waals surface area contributed by atoms with E-state index in [-0.39, 0.29) is 30.4 Å². The van der Waals surface area contributed by atoms with Gasteiger partial charge in [0.2, 0.25) is 11.8 Å². The number of aromatic nitrogens is 1. The number of hydrogen-bond acceptors (Lipinski definition) is 4. The van der Waals surface area contributed by atoms with Crippen molar-refractivity contribution < 1.29 is 14.3 Å². The number of H-pyrrole nitrogens is 1. The molecule has 1 N–H and O–H groups in total. The maximum atomic E-state index is 14.2. The van der Waals surface area contributed by atoms with E-state index in [0.29, 0.717) is 6.42 Å². The third-order valence-corrected chi connectivity index (χ3v) is 8.66. The minimum atomic E-state index is -0.520. The number of aromatic amines is 1. The van der Waals surface area contributed by atoms with Gasteiger partial charge in [-0.3, -0.25) is 14.5 Å². The number of benzene rings is 3. The van der Waals surface area contributed by atoms with E-state index in [1.165, 1.54) is 5.56 Å². The van der Waals surface area contributed by atoms with Gasteiger partial charge in [-0.2, -0.15) is 0 Å². The lowest BCUT2D eigenvalue weighted by Crippen LogP contribution is -2.65. The number of likely N-dealkylation sites (tertiary alicyclic amines) is 1. The maximum Gasteiger partial charge on any atom is 0.246 e. The number of carbonyl (C=O) groups is 2. The second-order valence-corrected chi connectivity index (χ2v) is 10.9. The van der Waals surface area contributed by atoms with Crippen molar-refractivity contribution in [3.05, 3.63) is 101 Å². The van der Waals surface area contributed by atoms with E-state index in [1.54, 1.807) is 7.11 Å². The van der Waals surface area contributed by atoms with Crippen LogP contribution in [0.4, 0.5) is 0 Å². The summed E-state index contributed by atoms with van der Waals surface area (Å²) in [5, 5.41) is 1.12. The Balaban J connectivity index is 1.22. The first kappa shape index (κ1) is 24.0. The number of piperazine rings is 1. The number of para-hydroxylation sites is 1. The van der Waals surface area contributed by atoms with E-state index in [1.807, 2.05) is 52.3 Å². The third kappa shape index (κ3) is 4.08. The molecule has 0 radical (unpaired) electrons. The van der Waals surface area contributed by atoms with Crippen molar-refractivity contribution in [2.24, 2.45) is 0 Å². The van der Waals surface area contributed by atoms with E-state index < -0.39 is 6.04 Å². The van der Waals surface area contributed by atoms with Crippen LogP contribution in [-0.2, 0) is 22.6 Å². The van der Waals surface area contributed by atoms with E-state index in [0.717, 1.165) is 59.5 Å². The highest BCUT2D eigenvalue weighted by atomic mass is 16.5. The predicted molar refractivity (Wildman–Crippen MR) is 149 cm³/mol. The molecule has 2 amide bonds. The fourth-order valence-electron chi connectivity index (χ4n) is 6.78. The first-order valence-corrected chi connectivity index (χ1v) is 13.7. The van der Waals surface area contributed by atoms with Crippen LogP contribution < -0.4 is 4.74 Å². The van der Waals surface area contributed by atoms with Crippen LogP contribution in [0.3, 0.4) is 0 Å². The fourth-order valence-corrected chi connectivity index (χ4v) is 6.78. The Labute approximate surface area is 228 Å². The summed E-state index contributed by atoms with van der Waals surface area (Å²) in [5.74, 6) is 0.832. The Hall–Kier alpha value is -4.10. The summed E-state index contributed by atoms with van der Waals surface area (Å²) in [7, 11) is 1.65. The molecule has 0 unspecified atom stereocenters. The Morgan fingerprint density at radius 3 is 2.51 bits per heavy atom. The van der Waals surface area contributed by atoms with Gasteiger partial charge in [-0.15, -0.1) is 0 Å². The number of nitrogens with one attached hydrogen (secondary N) is 1. The minimum Gasteiger partial charge on any atom is -0.497 e. The van der Waals surface area contributed by atoms with Crippen LogP contribution in [0.25, 0.3) is 10.9 Å². The first-order valence-electron chi connectivity index (χ1n) is 13.7. The number of rotatable bonds is 5. The average Bonchev–Trinajstić information content (AvgIpc) is 3.59. The van der Waals surface area contributed by atoms with Crippen LogP contribution in [0, 0.1) is 0 Å². The molecule has 3 atom stereocenters. The highest BCUT2D eigenvalue weighted by molar-refractivity contribution is 5.98. The van der Waals surface area contributed by atoms with Crippen LogP contribution in [0.5, 0.6) is 5.75 Å². The van der Waals surface area contributed by atoms with Crippen LogP contribution in [0.1, 0.15) is 34.8 Å². The molecule has 7 heteroatoms. The zero-order valence-electron chi connectivity index (χ0n) is 22.0. The zero-order chi connectivity index (χ0) is 26.5. The molecule has 1 aromatic heterocycles. The topological polar surface area (TPSA) is 68.9 Å². The summed E-state index contributed by atoms with van der Waals surface area (Å²) in [5.41, 5.74) is 5.41. The number of hydrogen-bond donors (Lipinski definition) is 1. The summed E-state index contributed by atoms with van der Waals surface area (Å²) in [4.78, 5) is 37.8. The molecule has 7 rings (SSSR count). The summed E-state index contributed by atoms with van der Waals surface area (Å²) in [6.45, 7) is 2.70. The summed E-state index contributed by atoms with van der Waals surface area (Å²) >= 11 is 0. The molecule has 4 heterocycles. The molecule has 0 spiro atoms. The van der Waals surface area contributed by atoms with Gasteiger partial charge in [-0.1, -0.05) is 60.7 Å². The normalized spacial score (nSPS) is 23.3. The molecular weight excluding hydrogens is 488 g/mol. The second kappa shape index (κ2) is 9.58. The summed E-state index contributed by atoms with van der Waals surface area (Å²) in [6, 6.07) is 25.7. The standard InChI is InChI=1S/C32H32N4O3/c1-39-24-13-11-22(12-14-24)31-30-26(25-9-5-6-10-27(25)33-30)17-28-32(38)35(20-29(37)36(28)31)23-15-16-34(19-23)18-21-7-3-2-4-8-21/h2-14,23,28,31,33H,15-20H2,1H3/t23-,28-,31-/m1/s1. The van der Waals surface area contributed by atoms with Crippen molar-refractivity contribution in [2.75, 3.05) is 26.7 Å². The fraction of sp³-hybridized carbons (Fsp3) is 0.312. The van der Waals surface area contributed by atoms with Gasteiger partial charge in [-0.05, 0) is 41.3 Å². The molecule has 2 fully saturated rings. The van der Waals surface area contributed by atoms with Gasteiger partial charge in [-0.25, -0.2) is 0 Å². The van der Waals surface area contributed by atoms with Gasteiger partial charge in [0.05, 0.1) is 13.2 Å². The predicted octanol–water partition coefficient (Wildman–Crippen LogP) is 4.14. The van der Waals surface area contributed by atoms with Crippen LogP contribution in [0.15, 0.2) is 78.9 Å². The SMILES string of the molecule is COc1ccc([C@@H]2c3[nH]c4ccccc4c3C[C@@H]3C(=O)N([C@@H]4CCN(Cc5ccccc5)C4)CC(=O)N23)cc1. The van der Waals surface area contributed by atoms with Crippen LogP contribution in [-0.4, -0.2) is 70.3 Å². The van der Waals surface area contributed by atoms with Crippen molar-refractivity contribution >= 4 is 22.7 Å². The molecular formula is C32H32N4O3. The van der Waals surface area contributed by atoms with Crippen molar-refractivity contribution in [3.8, 4) is 5.75 Å². The molecule has 4 aromatic rings. The van der Waals surface area contributed by atoms with Gasteiger partial charge in [0.15, 0.2) is 0 Å². The largest absolute Gasteiger partial charge is 0.497 e. The van der Waals surface area contributed by atoms with Crippen molar-refractivity contribution in [1.82, 2.24) is 19.7 Å².